The van der Waals surface area contributed by atoms with E-state index in [9.17, 15) is 9.59 Å². The summed E-state index contributed by atoms with van der Waals surface area (Å²) < 4.78 is 0. The molecular weight excluding hydrogens is 537 g/mol. The SMILES string of the molecule is O=C(CN1CCc2sccc2[C@H]1c1ccc(Cl)cc1)N1CCCN(C(=O)c2ccc(Cl)cc2Cl)CC1. The van der Waals surface area contributed by atoms with Crippen LogP contribution in [0.1, 0.15) is 38.8 Å². The molecule has 0 saturated carbocycles. The molecule has 0 spiro atoms. The lowest BCUT2D eigenvalue weighted by atomic mass is 9.93. The lowest BCUT2D eigenvalue weighted by molar-refractivity contribution is -0.132. The Morgan fingerprint density at radius 1 is 0.861 bits per heavy atom. The smallest absolute Gasteiger partial charge is 0.255 e. The minimum Gasteiger partial charge on any atom is -0.340 e. The zero-order valence-corrected chi connectivity index (χ0v) is 22.7. The number of benzene rings is 2. The van der Waals surface area contributed by atoms with Gasteiger partial charge >= 0.3 is 0 Å². The molecule has 1 saturated heterocycles. The summed E-state index contributed by atoms with van der Waals surface area (Å²) in [7, 11) is 0. The van der Waals surface area contributed by atoms with Gasteiger partial charge in [0.25, 0.3) is 5.91 Å². The molecule has 5 rings (SSSR count). The fraction of sp³-hybridized carbons (Fsp3) is 0.333. The molecule has 36 heavy (non-hydrogen) atoms. The Morgan fingerprint density at radius 2 is 1.58 bits per heavy atom. The number of halogens is 3. The molecule has 1 atom stereocenters. The maximum absolute atomic E-state index is 13.5. The summed E-state index contributed by atoms with van der Waals surface area (Å²) in [4.78, 5) is 33.8. The van der Waals surface area contributed by atoms with Gasteiger partial charge in [-0.25, -0.2) is 0 Å². The summed E-state index contributed by atoms with van der Waals surface area (Å²) in [6.07, 6.45) is 1.66. The van der Waals surface area contributed by atoms with Crippen LogP contribution in [-0.4, -0.2) is 65.8 Å². The number of thiophene rings is 1. The van der Waals surface area contributed by atoms with Crippen molar-refractivity contribution in [2.24, 2.45) is 0 Å². The van der Waals surface area contributed by atoms with E-state index >= 15 is 0 Å². The van der Waals surface area contributed by atoms with E-state index in [1.165, 1.54) is 10.4 Å². The van der Waals surface area contributed by atoms with Crippen molar-refractivity contribution in [3.05, 3.63) is 90.5 Å². The van der Waals surface area contributed by atoms with E-state index in [0.29, 0.717) is 53.4 Å². The van der Waals surface area contributed by atoms with Gasteiger partial charge in [0, 0.05) is 47.6 Å². The first kappa shape index (κ1) is 25.6. The molecule has 0 N–H and O–H groups in total. The van der Waals surface area contributed by atoms with Crippen molar-refractivity contribution in [2.75, 3.05) is 39.3 Å². The number of rotatable bonds is 4. The molecule has 3 aromatic rings. The van der Waals surface area contributed by atoms with Crippen LogP contribution in [-0.2, 0) is 11.2 Å². The van der Waals surface area contributed by atoms with E-state index in [0.717, 1.165) is 24.9 Å². The number of carbonyl (C=O) groups is 2. The molecule has 1 fully saturated rings. The molecule has 0 aliphatic carbocycles. The second-order valence-corrected chi connectivity index (χ2v) is 11.4. The average molecular weight is 563 g/mol. The van der Waals surface area contributed by atoms with Gasteiger partial charge in [-0.2, -0.15) is 0 Å². The lowest BCUT2D eigenvalue weighted by Crippen LogP contribution is -2.45. The van der Waals surface area contributed by atoms with Gasteiger partial charge in [0.05, 0.1) is 23.2 Å². The zero-order valence-electron chi connectivity index (χ0n) is 19.6. The first-order chi connectivity index (χ1) is 17.4. The Labute approximate surface area is 230 Å². The molecule has 9 heteroatoms. The number of amides is 2. The topological polar surface area (TPSA) is 43.9 Å². The summed E-state index contributed by atoms with van der Waals surface area (Å²) in [5.41, 5.74) is 2.85. The van der Waals surface area contributed by atoms with Crippen LogP contribution in [0.4, 0.5) is 0 Å². The summed E-state index contributed by atoms with van der Waals surface area (Å²) in [6.45, 7) is 3.33. The Balaban J connectivity index is 1.27. The van der Waals surface area contributed by atoms with Crippen molar-refractivity contribution in [1.82, 2.24) is 14.7 Å². The van der Waals surface area contributed by atoms with Crippen LogP contribution < -0.4 is 0 Å². The highest BCUT2D eigenvalue weighted by Crippen LogP contribution is 2.38. The molecule has 2 aromatic carbocycles. The van der Waals surface area contributed by atoms with Gasteiger partial charge in [-0.1, -0.05) is 46.9 Å². The molecule has 2 aliphatic heterocycles. The third-order valence-corrected chi connectivity index (χ3v) is 8.68. The molecular formula is C27H26Cl3N3O2S. The lowest BCUT2D eigenvalue weighted by Gasteiger charge is -2.37. The molecule has 3 heterocycles. The Bertz CT molecular complexity index is 1260. The van der Waals surface area contributed by atoms with Crippen molar-refractivity contribution in [3.63, 3.8) is 0 Å². The average Bonchev–Trinajstić information content (AvgIpc) is 3.20. The summed E-state index contributed by atoms with van der Waals surface area (Å²) in [5, 5.41) is 3.67. The van der Waals surface area contributed by atoms with Crippen molar-refractivity contribution in [2.45, 2.75) is 18.9 Å². The van der Waals surface area contributed by atoms with Crippen molar-refractivity contribution in [3.8, 4) is 0 Å². The maximum Gasteiger partial charge on any atom is 0.255 e. The third kappa shape index (κ3) is 5.43. The largest absolute Gasteiger partial charge is 0.340 e. The van der Waals surface area contributed by atoms with Gasteiger partial charge in [-0.3, -0.25) is 14.5 Å². The highest BCUT2D eigenvalue weighted by Gasteiger charge is 2.32. The van der Waals surface area contributed by atoms with Crippen LogP contribution >= 0.6 is 46.1 Å². The molecule has 1 aromatic heterocycles. The number of nitrogens with zero attached hydrogens (tertiary/aromatic N) is 3. The van der Waals surface area contributed by atoms with Crippen LogP contribution in [0.3, 0.4) is 0 Å². The van der Waals surface area contributed by atoms with E-state index in [-0.39, 0.29) is 17.9 Å². The van der Waals surface area contributed by atoms with E-state index in [1.807, 2.05) is 17.0 Å². The Morgan fingerprint density at radius 3 is 2.36 bits per heavy atom. The third-order valence-electron chi connectivity index (χ3n) is 6.89. The molecule has 0 radical (unpaired) electrons. The standard InChI is InChI=1S/C27H26Cl3N3O2S/c28-19-4-2-18(3-5-19)26-22-9-15-36-24(22)8-12-33(26)17-25(34)31-10-1-11-32(14-13-31)27(35)21-7-6-20(29)16-23(21)30/h2-7,9,15-16,26H,1,8,10-14,17H2/t26-/m1/s1. The van der Waals surface area contributed by atoms with Crippen LogP contribution in [0.25, 0.3) is 0 Å². The van der Waals surface area contributed by atoms with Crippen molar-refractivity contribution in [1.29, 1.82) is 0 Å². The number of hydrogen-bond acceptors (Lipinski definition) is 4. The Hall–Kier alpha value is -2.09. The van der Waals surface area contributed by atoms with Crippen molar-refractivity contribution >= 4 is 58.0 Å². The first-order valence-corrected chi connectivity index (χ1v) is 14.0. The van der Waals surface area contributed by atoms with Crippen molar-refractivity contribution < 1.29 is 9.59 Å². The predicted molar refractivity (Wildman–Crippen MR) is 146 cm³/mol. The summed E-state index contributed by atoms with van der Waals surface area (Å²) >= 11 is 20.2. The highest BCUT2D eigenvalue weighted by molar-refractivity contribution is 7.10. The number of fused-ring (bicyclic) bond motifs is 1. The van der Waals surface area contributed by atoms with E-state index in [2.05, 4.69) is 28.5 Å². The van der Waals surface area contributed by atoms with Gasteiger partial charge in [0.2, 0.25) is 5.91 Å². The Kier molecular flexibility index (Phi) is 7.89. The van der Waals surface area contributed by atoms with Crippen LogP contribution in [0.5, 0.6) is 0 Å². The molecule has 188 valence electrons. The van der Waals surface area contributed by atoms with Gasteiger partial charge in [0.15, 0.2) is 0 Å². The first-order valence-electron chi connectivity index (χ1n) is 12.0. The number of hydrogen-bond donors (Lipinski definition) is 0. The monoisotopic (exact) mass is 561 g/mol. The van der Waals surface area contributed by atoms with Crippen LogP contribution in [0.2, 0.25) is 15.1 Å². The minimum atomic E-state index is -0.130. The zero-order chi connectivity index (χ0) is 25.2. The molecule has 2 aliphatic rings. The second-order valence-electron chi connectivity index (χ2n) is 9.12. The molecule has 0 unspecified atom stereocenters. The fourth-order valence-corrected chi connectivity index (χ4v) is 6.57. The predicted octanol–water partition coefficient (Wildman–Crippen LogP) is 6.03. The maximum atomic E-state index is 13.5. The second kappa shape index (κ2) is 11.1. The van der Waals surface area contributed by atoms with Gasteiger partial charge in [-0.15, -0.1) is 11.3 Å². The summed E-state index contributed by atoms with van der Waals surface area (Å²) in [5.74, 6) is -0.0405. The van der Waals surface area contributed by atoms with Gasteiger partial charge in [0.1, 0.15) is 0 Å². The molecule has 2 amide bonds. The summed E-state index contributed by atoms with van der Waals surface area (Å²) in [6, 6.07) is 15.0. The van der Waals surface area contributed by atoms with Gasteiger partial charge < -0.3 is 9.80 Å². The van der Waals surface area contributed by atoms with E-state index < -0.39 is 0 Å². The van der Waals surface area contributed by atoms with Crippen LogP contribution in [0, 0.1) is 0 Å². The highest BCUT2D eigenvalue weighted by atomic mass is 35.5. The quantitative estimate of drug-likeness (QED) is 0.390. The van der Waals surface area contributed by atoms with E-state index in [1.54, 1.807) is 34.4 Å². The minimum absolute atomic E-state index is 0.0262. The normalized spacial score (nSPS) is 18.6. The number of carbonyl (C=O) groups excluding carboxylic acids is 2. The fourth-order valence-electron chi connectivity index (χ4n) is 5.05. The molecule has 5 nitrogen and oxygen atoms in total. The van der Waals surface area contributed by atoms with Crippen LogP contribution in [0.15, 0.2) is 53.9 Å². The molecule has 0 bridgehead atoms. The van der Waals surface area contributed by atoms with E-state index in [4.69, 9.17) is 34.8 Å². The van der Waals surface area contributed by atoms with Gasteiger partial charge in [-0.05, 0) is 65.7 Å².